The maximum absolute atomic E-state index is 13.2. The largest absolute Gasteiger partial charge is 0.507 e. The monoisotopic (exact) mass is 481 g/mol. The van der Waals surface area contributed by atoms with Gasteiger partial charge in [-0.3, -0.25) is 14.5 Å². The third-order valence-electron chi connectivity index (χ3n) is 5.67. The first-order valence-corrected chi connectivity index (χ1v) is 11.9. The highest BCUT2D eigenvalue weighted by molar-refractivity contribution is 7.10. The second kappa shape index (κ2) is 9.41. The van der Waals surface area contributed by atoms with E-state index in [0.29, 0.717) is 28.4 Å². The first-order valence-electron chi connectivity index (χ1n) is 10.7. The molecule has 1 aliphatic heterocycles. The Bertz CT molecular complexity index is 1250. The molecule has 1 unspecified atom stereocenters. The molecule has 2 aromatic carbocycles. The van der Waals surface area contributed by atoms with Crippen LogP contribution < -0.4 is 9.64 Å². The zero-order chi connectivity index (χ0) is 23.7. The van der Waals surface area contributed by atoms with Gasteiger partial charge in [-0.1, -0.05) is 30.7 Å². The Morgan fingerprint density at radius 3 is 2.61 bits per heavy atom. The van der Waals surface area contributed by atoms with Crippen molar-refractivity contribution < 1.29 is 19.4 Å². The second-order valence-corrected chi connectivity index (χ2v) is 9.28. The number of aryl methyl sites for hydroxylation is 1. The van der Waals surface area contributed by atoms with E-state index in [0.717, 1.165) is 22.6 Å². The molecule has 170 valence electrons. The van der Waals surface area contributed by atoms with Gasteiger partial charge in [0.2, 0.25) is 0 Å². The smallest absolute Gasteiger partial charge is 0.300 e. The summed E-state index contributed by atoms with van der Waals surface area (Å²) < 4.78 is 5.73. The molecule has 0 spiro atoms. The van der Waals surface area contributed by atoms with Crippen LogP contribution in [0.3, 0.4) is 0 Å². The van der Waals surface area contributed by atoms with Crippen molar-refractivity contribution in [1.29, 1.82) is 0 Å². The summed E-state index contributed by atoms with van der Waals surface area (Å²) in [6.07, 6.45) is 0.883. The van der Waals surface area contributed by atoms with E-state index >= 15 is 0 Å². The Morgan fingerprint density at radius 2 is 1.94 bits per heavy atom. The maximum atomic E-state index is 13.2. The van der Waals surface area contributed by atoms with Crippen molar-refractivity contribution in [1.82, 2.24) is 0 Å². The Hall–Kier alpha value is -3.09. The van der Waals surface area contributed by atoms with Crippen molar-refractivity contribution >= 4 is 46.1 Å². The van der Waals surface area contributed by atoms with Gasteiger partial charge in [-0.15, -0.1) is 11.3 Å². The zero-order valence-electron chi connectivity index (χ0n) is 18.6. The van der Waals surface area contributed by atoms with Crippen LogP contribution in [0.15, 0.2) is 59.5 Å². The lowest BCUT2D eigenvalue weighted by Crippen LogP contribution is -2.29. The molecule has 4 rings (SSSR count). The third kappa shape index (κ3) is 4.16. The fourth-order valence-electron chi connectivity index (χ4n) is 3.98. The van der Waals surface area contributed by atoms with E-state index in [1.54, 1.807) is 43.3 Å². The molecule has 0 aliphatic carbocycles. The molecule has 3 aromatic rings. The molecule has 2 heterocycles. The van der Waals surface area contributed by atoms with E-state index in [-0.39, 0.29) is 11.3 Å². The van der Waals surface area contributed by atoms with Crippen LogP contribution in [-0.4, -0.2) is 23.4 Å². The number of ether oxygens (including phenoxy) is 1. The summed E-state index contributed by atoms with van der Waals surface area (Å²) >= 11 is 7.74. The summed E-state index contributed by atoms with van der Waals surface area (Å²) in [5.74, 6) is -0.911. The number of carbonyl (C=O) groups is 2. The molecule has 1 aromatic heterocycles. The van der Waals surface area contributed by atoms with Crippen molar-refractivity contribution in [3.63, 3.8) is 0 Å². The van der Waals surface area contributed by atoms with Crippen LogP contribution in [0, 0.1) is 13.8 Å². The second-order valence-electron chi connectivity index (χ2n) is 7.90. The predicted octanol–water partition coefficient (Wildman–Crippen LogP) is 6.43. The van der Waals surface area contributed by atoms with Crippen LogP contribution in [0.25, 0.3) is 5.76 Å². The SMILES string of the molecule is CCCOc1ccc(/C(O)=C2/C(=O)C(=O)N(c3cccc(Cl)c3C)C2c2cccs2)cc1C. The average molecular weight is 482 g/mol. The van der Waals surface area contributed by atoms with Crippen LogP contribution in [-0.2, 0) is 9.59 Å². The van der Waals surface area contributed by atoms with Gasteiger partial charge in [-0.25, -0.2) is 0 Å². The zero-order valence-corrected chi connectivity index (χ0v) is 20.2. The molecule has 0 radical (unpaired) electrons. The lowest BCUT2D eigenvalue weighted by Gasteiger charge is -2.26. The van der Waals surface area contributed by atoms with Crippen molar-refractivity contribution in [3.8, 4) is 5.75 Å². The molecule has 1 N–H and O–H groups in total. The predicted molar refractivity (Wildman–Crippen MR) is 132 cm³/mol. The van der Waals surface area contributed by atoms with Crippen LogP contribution in [0.1, 0.15) is 41.0 Å². The minimum absolute atomic E-state index is 0.0588. The van der Waals surface area contributed by atoms with Crippen LogP contribution >= 0.6 is 22.9 Å². The molecule has 7 heteroatoms. The van der Waals surface area contributed by atoms with Gasteiger partial charge in [0.1, 0.15) is 17.6 Å². The molecule has 1 fully saturated rings. The number of nitrogens with zero attached hydrogens (tertiary/aromatic N) is 1. The van der Waals surface area contributed by atoms with E-state index in [1.165, 1.54) is 16.2 Å². The number of aliphatic hydroxyl groups excluding tert-OH is 1. The number of ketones is 1. The molecule has 1 saturated heterocycles. The van der Waals surface area contributed by atoms with Crippen molar-refractivity contribution in [2.45, 2.75) is 33.2 Å². The summed E-state index contributed by atoms with van der Waals surface area (Å²) in [6.45, 7) is 6.31. The number of thiophene rings is 1. The highest BCUT2D eigenvalue weighted by Crippen LogP contribution is 2.45. The molecule has 1 aliphatic rings. The van der Waals surface area contributed by atoms with Crippen molar-refractivity contribution in [2.24, 2.45) is 0 Å². The molecular formula is C26H24ClNO4S. The van der Waals surface area contributed by atoms with Crippen molar-refractivity contribution in [3.05, 3.63) is 86.1 Å². The molecule has 0 bridgehead atoms. The number of rotatable bonds is 6. The van der Waals surface area contributed by atoms with Gasteiger partial charge >= 0.3 is 0 Å². The summed E-state index contributed by atoms with van der Waals surface area (Å²) in [6, 6.07) is 13.5. The van der Waals surface area contributed by atoms with Gasteiger partial charge in [-0.2, -0.15) is 0 Å². The number of Topliss-reactive ketones (excluding diaryl/α,β-unsaturated/α-hetero) is 1. The maximum Gasteiger partial charge on any atom is 0.300 e. The Morgan fingerprint density at radius 1 is 1.15 bits per heavy atom. The summed E-state index contributed by atoms with van der Waals surface area (Å²) in [5, 5.41) is 13.7. The molecule has 33 heavy (non-hydrogen) atoms. The number of amides is 1. The van der Waals surface area contributed by atoms with Crippen LogP contribution in [0.2, 0.25) is 5.02 Å². The van der Waals surface area contributed by atoms with Crippen LogP contribution in [0.4, 0.5) is 5.69 Å². The average Bonchev–Trinajstić information content (AvgIpc) is 3.42. The summed E-state index contributed by atoms with van der Waals surface area (Å²) in [7, 11) is 0. The number of hydrogen-bond acceptors (Lipinski definition) is 5. The summed E-state index contributed by atoms with van der Waals surface area (Å²) in [5.41, 5.74) is 2.58. The highest BCUT2D eigenvalue weighted by atomic mass is 35.5. The first kappa shape index (κ1) is 23.1. The third-order valence-corrected chi connectivity index (χ3v) is 7.00. The van der Waals surface area contributed by atoms with Gasteiger partial charge in [-0.05, 0) is 73.2 Å². The number of carbonyl (C=O) groups excluding carboxylic acids is 2. The quantitative estimate of drug-likeness (QED) is 0.250. The fraction of sp³-hybridized carbons (Fsp3) is 0.231. The van der Waals surface area contributed by atoms with E-state index < -0.39 is 17.7 Å². The molecule has 5 nitrogen and oxygen atoms in total. The lowest BCUT2D eigenvalue weighted by atomic mass is 9.98. The molecular weight excluding hydrogens is 458 g/mol. The van der Waals surface area contributed by atoms with E-state index in [1.807, 2.05) is 31.4 Å². The summed E-state index contributed by atoms with van der Waals surface area (Å²) in [4.78, 5) is 28.7. The minimum atomic E-state index is -0.751. The first-order chi connectivity index (χ1) is 15.8. The Kier molecular flexibility index (Phi) is 6.58. The van der Waals surface area contributed by atoms with Crippen molar-refractivity contribution in [2.75, 3.05) is 11.5 Å². The standard InChI is InChI=1S/C26H24ClNO4S/c1-4-12-32-20-11-10-17(14-15(20)2)24(29)22-23(21-9-6-13-33-21)28(26(31)25(22)30)19-8-5-7-18(27)16(19)3/h5-11,13-14,23,29H,4,12H2,1-3H3/b24-22-. The molecule has 1 amide bonds. The lowest BCUT2D eigenvalue weighted by molar-refractivity contribution is -0.132. The number of halogens is 1. The Labute approximate surface area is 201 Å². The van der Waals surface area contributed by atoms with Gasteiger partial charge in [0.05, 0.1) is 12.2 Å². The normalized spacial score (nSPS) is 17.6. The van der Waals surface area contributed by atoms with Gasteiger partial charge < -0.3 is 9.84 Å². The van der Waals surface area contributed by atoms with Gasteiger partial charge in [0.15, 0.2) is 0 Å². The highest BCUT2D eigenvalue weighted by Gasteiger charge is 2.47. The van der Waals surface area contributed by atoms with Gasteiger partial charge in [0, 0.05) is 21.2 Å². The van der Waals surface area contributed by atoms with Crippen LogP contribution in [0.5, 0.6) is 5.75 Å². The number of aliphatic hydroxyl groups is 1. The molecule has 0 saturated carbocycles. The van der Waals surface area contributed by atoms with E-state index in [2.05, 4.69) is 0 Å². The minimum Gasteiger partial charge on any atom is -0.507 e. The number of anilines is 1. The molecule has 1 atom stereocenters. The van der Waals surface area contributed by atoms with Gasteiger partial charge in [0.25, 0.3) is 11.7 Å². The fourth-order valence-corrected chi connectivity index (χ4v) is 4.97. The van der Waals surface area contributed by atoms with E-state index in [9.17, 15) is 14.7 Å². The topological polar surface area (TPSA) is 66.8 Å². The number of benzene rings is 2. The number of hydrogen-bond donors (Lipinski definition) is 1. The van der Waals surface area contributed by atoms with E-state index in [4.69, 9.17) is 16.3 Å². The Balaban J connectivity index is 1.87.